The first kappa shape index (κ1) is 10.5. The maximum absolute atomic E-state index is 11.8. The van der Waals surface area contributed by atoms with Gasteiger partial charge in [-0.25, -0.2) is 0 Å². The number of halogens is 1. The minimum absolute atomic E-state index is 0.118. The summed E-state index contributed by atoms with van der Waals surface area (Å²) in [6.45, 7) is 2.26. The lowest BCUT2D eigenvalue weighted by molar-refractivity contribution is -0.146. The van der Waals surface area contributed by atoms with Crippen molar-refractivity contribution in [2.24, 2.45) is 0 Å². The zero-order valence-corrected chi connectivity index (χ0v) is 9.38. The number of hydrogen-bond acceptors (Lipinski definition) is 2. The molecule has 2 nitrogen and oxygen atoms in total. The molecular weight excluding hydrogens is 212 g/mol. The van der Waals surface area contributed by atoms with Crippen LogP contribution in [0.15, 0.2) is 24.3 Å². The molecule has 0 unspecified atom stereocenters. The third-order valence-electron chi connectivity index (χ3n) is 2.79. The highest BCUT2D eigenvalue weighted by molar-refractivity contribution is 6.30. The Hall–Kier alpha value is -1.02. The first-order valence-corrected chi connectivity index (χ1v) is 5.50. The van der Waals surface area contributed by atoms with Crippen molar-refractivity contribution in [3.63, 3.8) is 0 Å². The fraction of sp³-hybridized carbons (Fsp3) is 0.417. The molecule has 0 aliphatic heterocycles. The quantitative estimate of drug-likeness (QED) is 0.738. The standard InChI is InChI=1S/C12H13ClO2/c1-2-15-11(14)12(6-7-12)9-4-3-5-10(13)8-9/h3-5,8H,2,6-7H2,1H3. The van der Waals surface area contributed by atoms with E-state index in [0.717, 1.165) is 18.4 Å². The molecule has 0 N–H and O–H groups in total. The van der Waals surface area contributed by atoms with Crippen LogP contribution in [0.25, 0.3) is 0 Å². The summed E-state index contributed by atoms with van der Waals surface area (Å²) in [4.78, 5) is 11.8. The van der Waals surface area contributed by atoms with Crippen molar-refractivity contribution in [2.45, 2.75) is 25.2 Å². The van der Waals surface area contributed by atoms with Gasteiger partial charge in [-0.3, -0.25) is 4.79 Å². The second-order valence-corrected chi connectivity index (χ2v) is 4.25. The average molecular weight is 225 g/mol. The molecule has 1 aliphatic carbocycles. The van der Waals surface area contributed by atoms with Gasteiger partial charge in [0, 0.05) is 5.02 Å². The van der Waals surface area contributed by atoms with E-state index in [4.69, 9.17) is 16.3 Å². The van der Waals surface area contributed by atoms with E-state index >= 15 is 0 Å². The topological polar surface area (TPSA) is 26.3 Å². The van der Waals surface area contributed by atoms with Gasteiger partial charge in [0.25, 0.3) is 0 Å². The Balaban J connectivity index is 2.26. The molecule has 1 aromatic carbocycles. The molecule has 0 heterocycles. The Morgan fingerprint density at radius 2 is 2.27 bits per heavy atom. The molecule has 0 amide bonds. The molecule has 15 heavy (non-hydrogen) atoms. The molecule has 0 aromatic heterocycles. The van der Waals surface area contributed by atoms with Crippen molar-refractivity contribution in [1.82, 2.24) is 0 Å². The van der Waals surface area contributed by atoms with Gasteiger partial charge in [-0.15, -0.1) is 0 Å². The van der Waals surface area contributed by atoms with Crippen LogP contribution in [0.2, 0.25) is 5.02 Å². The van der Waals surface area contributed by atoms with Crippen molar-refractivity contribution >= 4 is 17.6 Å². The first-order valence-electron chi connectivity index (χ1n) is 5.12. The summed E-state index contributed by atoms with van der Waals surface area (Å²) in [5.41, 5.74) is 0.578. The number of hydrogen-bond donors (Lipinski definition) is 0. The van der Waals surface area contributed by atoms with E-state index in [1.54, 1.807) is 0 Å². The summed E-state index contributed by atoms with van der Waals surface area (Å²) in [5.74, 6) is -0.118. The Morgan fingerprint density at radius 3 is 2.80 bits per heavy atom. The van der Waals surface area contributed by atoms with Gasteiger partial charge in [0.05, 0.1) is 12.0 Å². The molecule has 1 saturated carbocycles. The zero-order chi connectivity index (χ0) is 10.9. The van der Waals surface area contributed by atoms with E-state index in [1.807, 2.05) is 31.2 Å². The maximum atomic E-state index is 11.8. The van der Waals surface area contributed by atoms with E-state index in [0.29, 0.717) is 11.6 Å². The van der Waals surface area contributed by atoms with E-state index in [1.165, 1.54) is 0 Å². The summed E-state index contributed by atoms with van der Waals surface area (Å²) >= 11 is 5.91. The van der Waals surface area contributed by atoms with Crippen molar-refractivity contribution in [2.75, 3.05) is 6.61 Å². The van der Waals surface area contributed by atoms with Crippen LogP contribution in [0.3, 0.4) is 0 Å². The Morgan fingerprint density at radius 1 is 1.53 bits per heavy atom. The van der Waals surface area contributed by atoms with Gasteiger partial charge in [-0.05, 0) is 37.5 Å². The van der Waals surface area contributed by atoms with Crippen LogP contribution >= 0.6 is 11.6 Å². The maximum Gasteiger partial charge on any atom is 0.316 e. The molecule has 0 radical (unpaired) electrons. The largest absolute Gasteiger partial charge is 0.465 e. The van der Waals surface area contributed by atoms with Crippen LogP contribution in [-0.4, -0.2) is 12.6 Å². The number of ether oxygens (including phenoxy) is 1. The lowest BCUT2D eigenvalue weighted by atomic mass is 9.96. The zero-order valence-electron chi connectivity index (χ0n) is 8.63. The minimum atomic E-state index is -0.402. The van der Waals surface area contributed by atoms with Gasteiger partial charge in [-0.2, -0.15) is 0 Å². The predicted molar refractivity (Wildman–Crippen MR) is 59.0 cm³/mol. The number of benzene rings is 1. The van der Waals surface area contributed by atoms with E-state index in [9.17, 15) is 4.79 Å². The van der Waals surface area contributed by atoms with Crippen LogP contribution in [0.4, 0.5) is 0 Å². The summed E-state index contributed by atoms with van der Waals surface area (Å²) in [6, 6.07) is 7.48. The molecule has 80 valence electrons. The summed E-state index contributed by atoms with van der Waals surface area (Å²) in [7, 11) is 0. The highest BCUT2D eigenvalue weighted by Crippen LogP contribution is 2.49. The van der Waals surface area contributed by atoms with Crippen LogP contribution in [-0.2, 0) is 14.9 Å². The molecule has 1 aliphatic rings. The van der Waals surface area contributed by atoms with Gasteiger partial charge >= 0.3 is 5.97 Å². The highest BCUT2D eigenvalue weighted by Gasteiger charge is 2.52. The second-order valence-electron chi connectivity index (χ2n) is 3.81. The Bertz CT molecular complexity index is 383. The van der Waals surface area contributed by atoms with Crippen LogP contribution in [0.1, 0.15) is 25.3 Å². The number of esters is 1. The van der Waals surface area contributed by atoms with Crippen molar-refractivity contribution < 1.29 is 9.53 Å². The SMILES string of the molecule is CCOC(=O)C1(c2cccc(Cl)c2)CC1. The molecule has 0 bridgehead atoms. The summed E-state index contributed by atoms with van der Waals surface area (Å²) in [5, 5.41) is 0.670. The Labute approximate surface area is 94.2 Å². The minimum Gasteiger partial charge on any atom is -0.465 e. The smallest absolute Gasteiger partial charge is 0.316 e. The Kier molecular flexibility index (Phi) is 2.70. The van der Waals surface area contributed by atoms with Crippen LogP contribution in [0, 0.1) is 0 Å². The lowest BCUT2D eigenvalue weighted by Crippen LogP contribution is -2.23. The fourth-order valence-corrected chi connectivity index (χ4v) is 1.98. The van der Waals surface area contributed by atoms with E-state index in [2.05, 4.69) is 0 Å². The average Bonchev–Trinajstić information content (AvgIpc) is 2.99. The normalized spacial score (nSPS) is 17.2. The molecule has 0 atom stereocenters. The molecule has 2 rings (SSSR count). The third kappa shape index (κ3) is 1.86. The first-order chi connectivity index (χ1) is 7.19. The van der Waals surface area contributed by atoms with E-state index in [-0.39, 0.29) is 5.97 Å². The third-order valence-corrected chi connectivity index (χ3v) is 3.03. The van der Waals surface area contributed by atoms with Crippen molar-refractivity contribution in [3.8, 4) is 0 Å². The lowest BCUT2D eigenvalue weighted by Gasteiger charge is -2.14. The van der Waals surface area contributed by atoms with Gasteiger partial charge in [-0.1, -0.05) is 23.7 Å². The number of carbonyl (C=O) groups is 1. The van der Waals surface area contributed by atoms with Crippen LogP contribution < -0.4 is 0 Å². The monoisotopic (exact) mass is 224 g/mol. The molecule has 0 saturated heterocycles. The molecule has 0 spiro atoms. The van der Waals surface area contributed by atoms with Gasteiger partial charge in [0.2, 0.25) is 0 Å². The molecular formula is C12H13ClO2. The fourth-order valence-electron chi connectivity index (χ4n) is 1.79. The number of rotatable bonds is 3. The molecule has 1 aromatic rings. The van der Waals surface area contributed by atoms with E-state index < -0.39 is 5.41 Å². The molecule has 3 heteroatoms. The highest BCUT2D eigenvalue weighted by atomic mass is 35.5. The summed E-state index contributed by atoms with van der Waals surface area (Å²) < 4.78 is 5.08. The van der Waals surface area contributed by atoms with Gasteiger partial charge < -0.3 is 4.74 Å². The van der Waals surface area contributed by atoms with Crippen LogP contribution in [0.5, 0.6) is 0 Å². The van der Waals surface area contributed by atoms with Gasteiger partial charge in [0.1, 0.15) is 0 Å². The summed E-state index contributed by atoms with van der Waals surface area (Å²) in [6.07, 6.45) is 1.73. The molecule has 1 fully saturated rings. The second kappa shape index (κ2) is 3.86. The van der Waals surface area contributed by atoms with Crippen molar-refractivity contribution in [1.29, 1.82) is 0 Å². The number of carbonyl (C=O) groups excluding carboxylic acids is 1. The predicted octanol–water partition coefficient (Wildman–Crippen LogP) is 2.93. The van der Waals surface area contributed by atoms with Crippen molar-refractivity contribution in [3.05, 3.63) is 34.9 Å². The van der Waals surface area contributed by atoms with Gasteiger partial charge in [0.15, 0.2) is 0 Å².